The van der Waals surface area contributed by atoms with Crippen molar-refractivity contribution >= 4 is 11.9 Å². The van der Waals surface area contributed by atoms with Gasteiger partial charge >= 0.3 is 6.61 Å². The second-order valence-corrected chi connectivity index (χ2v) is 6.20. The third kappa shape index (κ3) is 6.85. The van der Waals surface area contributed by atoms with Gasteiger partial charge in [0, 0.05) is 19.0 Å². The molecule has 0 spiro atoms. The Balaban J connectivity index is 0.000000269. The van der Waals surface area contributed by atoms with Crippen molar-refractivity contribution in [2.45, 2.75) is 25.5 Å². The van der Waals surface area contributed by atoms with Gasteiger partial charge in [0.2, 0.25) is 0 Å². The maximum Gasteiger partial charge on any atom is 0.387 e. The van der Waals surface area contributed by atoms with Crippen molar-refractivity contribution in [3.8, 4) is 17.6 Å². The highest BCUT2D eigenvalue weighted by Gasteiger charge is 2.31. The van der Waals surface area contributed by atoms with Crippen LogP contribution in [0.4, 0.5) is 13.2 Å². The number of guanidine groups is 1. The molecule has 2 N–H and O–H groups in total. The number of hydrogen-bond acceptors (Lipinski definition) is 4. The first-order valence-electron chi connectivity index (χ1n) is 9.18. The molecule has 1 unspecified atom stereocenters. The van der Waals surface area contributed by atoms with Crippen LogP contribution in [0.2, 0.25) is 0 Å². The van der Waals surface area contributed by atoms with Gasteiger partial charge in [-0.1, -0.05) is 42.2 Å². The van der Waals surface area contributed by atoms with Crippen LogP contribution >= 0.6 is 0 Å². The molecule has 0 saturated carbocycles. The fourth-order valence-electron chi connectivity index (χ4n) is 2.50. The normalized spacial score (nSPS) is 15.1. The average molecular weight is 417 g/mol. The molecular weight excluding hydrogens is 395 g/mol. The lowest BCUT2D eigenvalue weighted by molar-refractivity contribution is -0.126. The summed E-state index contributed by atoms with van der Waals surface area (Å²) >= 11 is 0. The van der Waals surface area contributed by atoms with E-state index >= 15 is 0 Å². The largest absolute Gasteiger partial charge is 0.435 e. The zero-order valence-electron chi connectivity index (χ0n) is 16.4. The number of amides is 1. The number of carbonyl (C=O) groups is 1. The number of halogens is 3. The fraction of sp³-hybridized carbons (Fsp3) is 0.273. The summed E-state index contributed by atoms with van der Waals surface area (Å²) in [6, 6.07) is 14.7. The molecule has 0 saturated heterocycles. The Labute approximate surface area is 173 Å². The molecule has 30 heavy (non-hydrogen) atoms. The first-order chi connectivity index (χ1) is 14.4. The molecule has 0 fully saturated rings. The summed E-state index contributed by atoms with van der Waals surface area (Å²) in [6.07, 6.45) is 0.969. The Hall–Kier alpha value is -3.47. The lowest BCUT2D eigenvalue weighted by atomic mass is 10.0. The minimum absolute atomic E-state index is 0.148. The van der Waals surface area contributed by atoms with E-state index < -0.39 is 12.7 Å². The quantitative estimate of drug-likeness (QED) is 0.593. The molecule has 2 aromatic carbocycles. The number of hydrogen-bond donors (Lipinski definition) is 1. The van der Waals surface area contributed by atoms with Crippen molar-refractivity contribution in [2.75, 3.05) is 13.7 Å². The number of benzene rings is 2. The van der Waals surface area contributed by atoms with Crippen molar-refractivity contribution in [1.29, 1.82) is 0 Å². The van der Waals surface area contributed by atoms with E-state index in [0.717, 1.165) is 11.1 Å². The third-order valence-corrected chi connectivity index (χ3v) is 4.01. The Bertz CT molecular complexity index is 924. The molecule has 5 nitrogen and oxygen atoms in total. The van der Waals surface area contributed by atoms with Gasteiger partial charge < -0.3 is 10.5 Å². The topological polar surface area (TPSA) is 67.9 Å². The molecule has 0 aromatic heterocycles. The van der Waals surface area contributed by atoms with E-state index in [9.17, 15) is 18.0 Å². The zero-order valence-corrected chi connectivity index (χ0v) is 16.4. The molecule has 1 heterocycles. The van der Waals surface area contributed by atoms with Crippen LogP contribution in [0.15, 0.2) is 59.6 Å². The van der Waals surface area contributed by atoms with Crippen LogP contribution < -0.4 is 10.5 Å². The van der Waals surface area contributed by atoms with Gasteiger partial charge in [-0.2, -0.15) is 8.78 Å². The first kappa shape index (κ1) is 22.8. The number of aliphatic imine (C=N–C) groups is 1. The number of nitrogens with two attached hydrogens (primary N) is 1. The van der Waals surface area contributed by atoms with Crippen LogP contribution in [-0.2, 0) is 4.79 Å². The highest BCUT2D eigenvalue weighted by atomic mass is 19.3. The molecule has 8 heteroatoms. The Morgan fingerprint density at radius 2 is 1.93 bits per heavy atom. The van der Waals surface area contributed by atoms with Crippen molar-refractivity contribution < 1.29 is 22.7 Å². The SMILES string of the molecule is CN1C(=O)C(c2cccc(C#CCCCF)c2)N=C1N.FC(F)Oc1ccccc1. The number of nitrogens with zero attached hydrogens (tertiary/aromatic N) is 2. The summed E-state index contributed by atoms with van der Waals surface area (Å²) in [5, 5.41) is 0. The van der Waals surface area contributed by atoms with E-state index in [1.165, 1.54) is 17.0 Å². The Morgan fingerprint density at radius 3 is 2.53 bits per heavy atom. The van der Waals surface area contributed by atoms with Crippen LogP contribution in [0.25, 0.3) is 0 Å². The van der Waals surface area contributed by atoms with E-state index in [0.29, 0.717) is 12.8 Å². The summed E-state index contributed by atoms with van der Waals surface area (Å²) in [5.74, 6) is 6.13. The fourth-order valence-corrected chi connectivity index (χ4v) is 2.50. The van der Waals surface area contributed by atoms with Gasteiger partial charge in [0.25, 0.3) is 5.91 Å². The molecule has 1 aliphatic rings. The van der Waals surface area contributed by atoms with E-state index in [4.69, 9.17) is 5.73 Å². The molecular formula is C22H22F3N3O2. The predicted molar refractivity (Wildman–Crippen MR) is 109 cm³/mol. The van der Waals surface area contributed by atoms with Crippen LogP contribution in [-0.4, -0.2) is 37.1 Å². The minimum Gasteiger partial charge on any atom is -0.435 e. The number of likely N-dealkylation sites (N-methyl/N-ethyl adjacent to an activating group) is 1. The smallest absolute Gasteiger partial charge is 0.387 e. The van der Waals surface area contributed by atoms with Crippen LogP contribution in [0.1, 0.15) is 30.0 Å². The predicted octanol–water partition coefficient (Wildman–Crippen LogP) is 3.90. The summed E-state index contributed by atoms with van der Waals surface area (Å²) < 4.78 is 39.0. The average Bonchev–Trinajstić information content (AvgIpc) is 3.00. The van der Waals surface area contributed by atoms with Crippen molar-refractivity contribution in [1.82, 2.24) is 4.90 Å². The number of rotatable bonds is 5. The van der Waals surface area contributed by atoms with Gasteiger partial charge in [0.15, 0.2) is 12.0 Å². The van der Waals surface area contributed by atoms with Crippen LogP contribution in [0, 0.1) is 11.8 Å². The Kier molecular flexibility index (Phi) is 8.75. The van der Waals surface area contributed by atoms with Crippen molar-refractivity contribution in [2.24, 2.45) is 10.7 Å². The number of carbonyl (C=O) groups excluding carboxylic acids is 1. The van der Waals surface area contributed by atoms with Gasteiger partial charge in [-0.15, -0.1) is 0 Å². The standard InChI is InChI=1S/C15H16FN3O.C7H6F2O/c1-19-14(20)13(18-15(19)17)12-8-5-7-11(10-12)6-3-2-4-9-16;8-7(9)10-6-4-2-1-3-5-6/h5,7-8,10,13H,2,4,9H2,1H3,(H2,17,18);1-5,7H. The van der Waals surface area contributed by atoms with Gasteiger partial charge in [-0.3, -0.25) is 14.1 Å². The Morgan fingerprint density at radius 1 is 1.20 bits per heavy atom. The van der Waals surface area contributed by atoms with Gasteiger partial charge in [0.05, 0.1) is 6.67 Å². The van der Waals surface area contributed by atoms with E-state index in [2.05, 4.69) is 21.6 Å². The summed E-state index contributed by atoms with van der Waals surface area (Å²) in [5.41, 5.74) is 7.19. The molecule has 0 radical (unpaired) electrons. The molecule has 0 bridgehead atoms. The first-order valence-corrected chi connectivity index (χ1v) is 9.18. The van der Waals surface area contributed by atoms with E-state index in [1.54, 1.807) is 25.2 Å². The van der Waals surface area contributed by atoms with Crippen molar-refractivity contribution in [3.05, 3.63) is 65.7 Å². The maximum absolute atomic E-state index is 12.0. The van der Waals surface area contributed by atoms with Gasteiger partial charge in [-0.05, 0) is 36.2 Å². The van der Waals surface area contributed by atoms with Crippen LogP contribution in [0.3, 0.4) is 0 Å². The van der Waals surface area contributed by atoms with E-state index in [-0.39, 0.29) is 24.3 Å². The molecule has 3 rings (SSSR count). The highest BCUT2D eigenvalue weighted by molar-refractivity contribution is 6.04. The number of alkyl halides is 3. The molecule has 1 amide bonds. The summed E-state index contributed by atoms with van der Waals surface area (Å²) in [4.78, 5) is 17.5. The second-order valence-electron chi connectivity index (χ2n) is 6.20. The molecule has 1 atom stereocenters. The lowest BCUT2D eigenvalue weighted by Crippen LogP contribution is -2.34. The number of para-hydroxylation sites is 1. The second kappa shape index (κ2) is 11.5. The molecule has 1 aliphatic heterocycles. The summed E-state index contributed by atoms with van der Waals surface area (Å²) in [6.45, 7) is -3.09. The number of ether oxygens (including phenoxy) is 1. The zero-order chi connectivity index (χ0) is 21.9. The minimum atomic E-state index is -2.73. The molecule has 158 valence electrons. The van der Waals surface area contributed by atoms with Gasteiger partial charge in [0.1, 0.15) is 5.75 Å². The highest BCUT2D eigenvalue weighted by Crippen LogP contribution is 2.24. The molecule has 2 aromatic rings. The van der Waals surface area contributed by atoms with Crippen LogP contribution in [0.5, 0.6) is 5.75 Å². The molecule has 0 aliphatic carbocycles. The van der Waals surface area contributed by atoms with Gasteiger partial charge in [-0.25, -0.2) is 4.99 Å². The number of unbranched alkanes of at least 4 members (excludes halogenated alkanes) is 1. The summed E-state index contributed by atoms with van der Waals surface area (Å²) in [7, 11) is 1.60. The monoisotopic (exact) mass is 417 g/mol. The maximum atomic E-state index is 12.0. The van der Waals surface area contributed by atoms with Crippen molar-refractivity contribution in [3.63, 3.8) is 0 Å². The van der Waals surface area contributed by atoms with E-state index in [1.807, 2.05) is 24.3 Å². The lowest BCUT2D eigenvalue weighted by Gasteiger charge is -2.10. The third-order valence-electron chi connectivity index (χ3n) is 4.01.